The van der Waals surface area contributed by atoms with Crippen molar-refractivity contribution in [3.63, 3.8) is 0 Å². The molecule has 1 aromatic carbocycles. The first-order valence-corrected chi connectivity index (χ1v) is 4.45. The second-order valence-corrected chi connectivity index (χ2v) is 3.28. The average molecular weight is 196 g/mol. The summed E-state index contributed by atoms with van der Waals surface area (Å²) in [5.41, 5.74) is 5.94. The van der Waals surface area contributed by atoms with Crippen molar-refractivity contribution in [2.24, 2.45) is 10.7 Å². The van der Waals surface area contributed by atoms with E-state index in [1.807, 2.05) is 0 Å². The normalized spacial score (nSPS) is 21.1. The highest BCUT2D eigenvalue weighted by molar-refractivity contribution is 6.02. The van der Waals surface area contributed by atoms with Gasteiger partial charge in [-0.1, -0.05) is 6.07 Å². The number of rotatable bonds is 1. The quantitative estimate of drug-likeness (QED) is 0.731. The molecule has 2 rings (SSSR count). The monoisotopic (exact) mass is 196 g/mol. The predicted molar refractivity (Wildman–Crippen MR) is 50.1 cm³/mol. The standard InChI is InChI=1S/C10H10F2N2/c11-6-2-1-3-7(12)10(6)8-4-5-9(13)14-8/h1-3,9H,4-5,13H2. The van der Waals surface area contributed by atoms with E-state index < -0.39 is 11.6 Å². The minimum absolute atomic E-state index is 0.0274. The summed E-state index contributed by atoms with van der Waals surface area (Å²) in [6, 6.07) is 3.79. The summed E-state index contributed by atoms with van der Waals surface area (Å²) in [6.45, 7) is 0. The fraction of sp³-hybridized carbons (Fsp3) is 0.300. The van der Waals surface area contributed by atoms with E-state index in [0.717, 1.165) is 0 Å². The van der Waals surface area contributed by atoms with Crippen molar-refractivity contribution in [1.29, 1.82) is 0 Å². The molecule has 0 spiro atoms. The molecule has 0 bridgehead atoms. The average Bonchev–Trinajstić information content (AvgIpc) is 2.51. The van der Waals surface area contributed by atoms with Gasteiger partial charge in [-0.05, 0) is 25.0 Å². The van der Waals surface area contributed by atoms with Gasteiger partial charge in [-0.3, -0.25) is 4.99 Å². The highest BCUT2D eigenvalue weighted by atomic mass is 19.1. The zero-order valence-electron chi connectivity index (χ0n) is 7.50. The Bertz CT molecular complexity index is 367. The molecule has 0 fully saturated rings. The van der Waals surface area contributed by atoms with Crippen LogP contribution < -0.4 is 5.73 Å². The van der Waals surface area contributed by atoms with Crippen LogP contribution in [-0.2, 0) is 0 Å². The van der Waals surface area contributed by atoms with Crippen LogP contribution in [0, 0.1) is 11.6 Å². The minimum atomic E-state index is -0.571. The lowest BCUT2D eigenvalue weighted by Gasteiger charge is -2.03. The van der Waals surface area contributed by atoms with Crippen LogP contribution in [0.3, 0.4) is 0 Å². The summed E-state index contributed by atoms with van der Waals surface area (Å²) in [5.74, 6) is -1.14. The van der Waals surface area contributed by atoms with E-state index >= 15 is 0 Å². The van der Waals surface area contributed by atoms with Gasteiger partial charge in [-0.15, -0.1) is 0 Å². The van der Waals surface area contributed by atoms with Gasteiger partial charge < -0.3 is 5.73 Å². The van der Waals surface area contributed by atoms with Gasteiger partial charge in [0.25, 0.3) is 0 Å². The minimum Gasteiger partial charge on any atom is -0.310 e. The van der Waals surface area contributed by atoms with E-state index in [1.165, 1.54) is 18.2 Å². The van der Waals surface area contributed by atoms with Crippen molar-refractivity contribution in [3.05, 3.63) is 35.4 Å². The van der Waals surface area contributed by atoms with Crippen LogP contribution in [0.15, 0.2) is 23.2 Å². The van der Waals surface area contributed by atoms with Crippen molar-refractivity contribution in [2.75, 3.05) is 0 Å². The molecule has 1 aliphatic rings. The number of hydrogen-bond donors (Lipinski definition) is 1. The highest BCUT2D eigenvalue weighted by Crippen LogP contribution is 2.20. The molecule has 0 amide bonds. The van der Waals surface area contributed by atoms with E-state index in [4.69, 9.17) is 5.73 Å². The lowest BCUT2D eigenvalue weighted by atomic mass is 10.1. The number of nitrogens with two attached hydrogens (primary N) is 1. The van der Waals surface area contributed by atoms with Crippen LogP contribution in [0.5, 0.6) is 0 Å². The van der Waals surface area contributed by atoms with E-state index in [9.17, 15) is 8.78 Å². The van der Waals surface area contributed by atoms with Gasteiger partial charge in [0, 0.05) is 5.71 Å². The van der Waals surface area contributed by atoms with Crippen molar-refractivity contribution < 1.29 is 8.78 Å². The Morgan fingerprint density at radius 1 is 1.29 bits per heavy atom. The van der Waals surface area contributed by atoms with Gasteiger partial charge in [0.1, 0.15) is 11.6 Å². The zero-order chi connectivity index (χ0) is 10.1. The molecule has 0 saturated carbocycles. The van der Waals surface area contributed by atoms with Gasteiger partial charge in [-0.2, -0.15) is 0 Å². The Morgan fingerprint density at radius 2 is 1.93 bits per heavy atom. The number of benzene rings is 1. The van der Waals surface area contributed by atoms with Gasteiger partial charge in [0.2, 0.25) is 0 Å². The first-order valence-electron chi connectivity index (χ1n) is 4.45. The highest BCUT2D eigenvalue weighted by Gasteiger charge is 2.20. The summed E-state index contributed by atoms with van der Waals surface area (Å²) in [4.78, 5) is 3.99. The SMILES string of the molecule is NC1CCC(c2c(F)cccc2F)=N1. The molecule has 1 unspecified atom stereocenters. The lowest BCUT2D eigenvalue weighted by Crippen LogP contribution is -2.12. The molecule has 1 heterocycles. The molecule has 4 heteroatoms. The molecular formula is C10H10F2N2. The molecule has 0 aromatic heterocycles. The van der Waals surface area contributed by atoms with Gasteiger partial charge in [-0.25, -0.2) is 8.78 Å². The first kappa shape index (κ1) is 9.27. The molecule has 1 atom stereocenters. The molecule has 0 saturated heterocycles. The van der Waals surface area contributed by atoms with Gasteiger partial charge >= 0.3 is 0 Å². The van der Waals surface area contributed by atoms with Crippen molar-refractivity contribution in [1.82, 2.24) is 0 Å². The summed E-state index contributed by atoms with van der Waals surface area (Å²) < 4.78 is 26.5. The number of hydrogen-bond acceptors (Lipinski definition) is 2. The maximum absolute atomic E-state index is 13.3. The maximum atomic E-state index is 13.3. The summed E-state index contributed by atoms with van der Waals surface area (Å²) in [6.07, 6.45) is 0.881. The topological polar surface area (TPSA) is 38.4 Å². The molecular weight excluding hydrogens is 186 g/mol. The second kappa shape index (κ2) is 3.46. The fourth-order valence-electron chi connectivity index (χ4n) is 1.58. The maximum Gasteiger partial charge on any atom is 0.135 e. The second-order valence-electron chi connectivity index (χ2n) is 3.28. The van der Waals surface area contributed by atoms with Crippen molar-refractivity contribution >= 4 is 5.71 Å². The Labute approximate surface area is 80.5 Å². The van der Waals surface area contributed by atoms with E-state index in [1.54, 1.807) is 0 Å². The van der Waals surface area contributed by atoms with E-state index in [-0.39, 0.29) is 11.7 Å². The van der Waals surface area contributed by atoms with Crippen molar-refractivity contribution in [2.45, 2.75) is 19.0 Å². The Balaban J connectivity index is 2.46. The van der Waals surface area contributed by atoms with Crippen LogP contribution in [-0.4, -0.2) is 11.9 Å². The molecule has 1 aromatic rings. The van der Waals surface area contributed by atoms with E-state index in [2.05, 4.69) is 4.99 Å². The Morgan fingerprint density at radius 3 is 2.43 bits per heavy atom. The van der Waals surface area contributed by atoms with Crippen LogP contribution in [0.1, 0.15) is 18.4 Å². The Hall–Kier alpha value is -1.29. The Kier molecular flexibility index (Phi) is 2.29. The zero-order valence-corrected chi connectivity index (χ0v) is 7.50. The van der Waals surface area contributed by atoms with Crippen molar-refractivity contribution in [3.8, 4) is 0 Å². The fourth-order valence-corrected chi connectivity index (χ4v) is 1.58. The summed E-state index contributed by atoms with van der Waals surface area (Å²) in [5, 5.41) is 0. The third-order valence-electron chi connectivity index (χ3n) is 2.25. The van der Waals surface area contributed by atoms with Crippen LogP contribution in [0.2, 0.25) is 0 Å². The molecule has 2 N–H and O–H groups in total. The molecule has 74 valence electrons. The lowest BCUT2D eigenvalue weighted by molar-refractivity contribution is 0.578. The van der Waals surface area contributed by atoms with E-state index in [0.29, 0.717) is 18.6 Å². The van der Waals surface area contributed by atoms with Crippen LogP contribution in [0.4, 0.5) is 8.78 Å². The summed E-state index contributed by atoms with van der Waals surface area (Å²) >= 11 is 0. The molecule has 0 aliphatic carbocycles. The summed E-state index contributed by atoms with van der Waals surface area (Å²) in [7, 11) is 0. The van der Waals surface area contributed by atoms with Gasteiger partial charge in [0.05, 0.1) is 11.7 Å². The van der Waals surface area contributed by atoms with Crippen LogP contribution >= 0.6 is 0 Å². The first-order chi connectivity index (χ1) is 6.68. The molecule has 0 radical (unpaired) electrons. The number of halogens is 2. The largest absolute Gasteiger partial charge is 0.310 e. The number of aliphatic imine (C=N–C) groups is 1. The number of nitrogens with zero attached hydrogens (tertiary/aromatic N) is 1. The molecule has 2 nitrogen and oxygen atoms in total. The third kappa shape index (κ3) is 1.53. The van der Waals surface area contributed by atoms with Crippen LogP contribution in [0.25, 0.3) is 0 Å². The third-order valence-corrected chi connectivity index (χ3v) is 2.25. The predicted octanol–water partition coefficient (Wildman–Crippen LogP) is 1.83. The smallest absolute Gasteiger partial charge is 0.135 e. The van der Waals surface area contributed by atoms with Gasteiger partial charge in [0.15, 0.2) is 0 Å². The molecule has 14 heavy (non-hydrogen) atoms. The molecule has 1 aliphatic heterocycles.